The quantitative estimate of drug-likeness (QED) is 0.620. The molecule has 0 radical (unpaired) electrons. The Morgan fingerprint density at radius 2 is 2.10 bits per heavy atom. The summed E-state index contributed by atoms with van der Waals surface area (Å²) >= 11 is 0. The van der Waals surface area contributed by atoms with E-state index in [1.54, 1.807) is 13.8 Å². The number of anilines is 1. The van der Waals surface area contributed by atoms with E-state index in [2.05, 4.69) is 20.5 Å². The normalized spacial score (nSPS) is 11.8. The van der Waals surface area contributed by atoms with Crippen LogP contribution in [-0.4, -0.2) is 40.8 Å². The molecular weight excluding hydrogens is 278 g/mol. The number of rotatable bonds is 6. The third-order valence-corrected chi connectivity index (χ3v) is 2.67. The molecule has 1 unspecified atom stereocenters. The van der Waals surface area contributed by atoms with Gasteiger partial charge in [0.05, 0.1) is 19.0 Å². The van der Waals surface area contributed by atoms with E-state index in [1.165, 1.54) is 24.2 Å². The lowest BCUT2D eigenvalue weighted by atomic mass is 10.0. The zero-order chi connectivity index (χ0) is 16.0. The monoisotopic (exact) mass is 297 g/mol. The van der Waals surface area contributed by atoms with Crippen LogP contribution in [0.4, 0.5) is 10.5 Å². The van der Waals surface area contributed by atoms with Crippen molar-refractivity contribution in [2.45, 2.75) is 26.4 Å². The molecule has 0 saturated heterocycles. The predicted molar refractivity (Wildman–Crippen MR) is 74.2 cm³/mol. The molecule has 21 heavy (non-hydrogen) atoms. The van der Waals surface area contributed by atoms with Gasteiger partial charge in [-0.1, -0.05) is 13.8 Å². The summed E-state index contributed by atoms with van der Waals surface area (Å²) < 4.78 is 5.84. The van der Waals surface area contributed by atoms with Crippen LogP contribution >= 0.6 is 0 Å². The summed E-state index contributed by atoms with van der Waals surface area (Å²) in [7, 11) is 1.28. The number of nitrogens with zero attached hydrogens (tertiary/aromatic N) is 2. The maximum atomic E-state index is 12.1. The average Bonchev–Trinajstić information content (AvgIpc) is 2.82. The van der Waals surface area contributed by atoms with Gasteiger partial charge in [-0.05, 0) is 5.92 Å². The van der Waals surface area contributed by atoms with E-state index < -0.39 is 23.9 Å². The van der Waals surface area contributed by atoms with E-state index in [0.717, 1.165) is 0 Å². The molecule has 9 heteroatoms. The molecule has 0 saturated carbocycles. The van der Waals surface area contributed by atoms with Crippen molar-refractivity contribution in [3.05, 3.63) is 12.4 Å². The van der Waals surface area contributed by atoms with Crippen LogP contribution in [0.25, 0.3) is 0 Å². The lowest BCUT2D eigenvalue weighted by Crippen LogP contribution is -2.49. The minimum atomic E-state index is -0.773. The molecule has 0 aliphatic rings. The van der Waals surface area contributed by atoms with E-state index in [1.807, 2.05) is 0 Å². The molecule has 4 N–H and O–H groups in total. The van der Waals surface area contributed by atoms with Crippen molar-refractivity contribution in [1.82, 2.24) is 15.1 Å². The summed E-state index contributed by atoms with van der Waals surface area (Å²) in [6.45, 7) is 3.50. The fourth-order valence-corrected chi connectivity index (χ4v) is 1.62. The molecule has 0 fully saturated rings. The fourth-order valence-electron chi connectivity index (χ4n) is 1.62. The van der Waals surface area contributed by atoms with Gasteiger partial charge in [0.1, 0.15) is 12.6 Å². The minimum absolute atomic E-state index is 0.0560. The summed E-state index contributed by atoms with van der Waals surface area (Å²) in [6.07, 6.45) is 2.87. The van der Waals surface area contributed by atoms with Crippen molar-refractivity contribution in [3.8, 4) is 0 Å². The number of aromatic nitrogens is 2. The van der Waals surface area contributed by atoms with Crippen LogP contribution in [0.1, 0.15) is 13.8 Å². The first kappa shape index (κ1) is 16.5. The summed E-state index contributed by atoms with van der Waals surface area (Å²) in [5, 5.41) is 8.88. The number of ether oxygens (including phenoxy) is 1. The van der Waals surface area contributed by atoms with Crippen molar-refractivity contribution in [3.63, 3.8) is 0 Å². The van der Waals surface area contributed by atoms with Gasteiger partial charge in [-0.15, -0.1) is 0 Å². The van der Waals surface area contributed by atoms with E-state index in [4.69, 9.17) is 5.73 Å². The van der Waals surface area contributed by atoms with Gasteiger partial charge in [0.2, 0.25) is 5.91 Å². The van der Waals surface area contributed by atoms with Crippen molar-refractivity contribution in [1.29, 1.82) is 0 Å². The summed E-state index contributed by atoms with van der Waals surface area (Å²) in [5.74, 6) is -1.00. The molecule has 1 heterocycles. The molecule has 0 bridgehead atoms. The van der Waals surface area contributed by atoms with Crippen molar-refractivity contribution in [2.24, 2.45) is 11.7 Å². The van der Waals surface area contributed by atoms with Gasteiger partial charge >= 0.3 is 12.0 Å². The highest BCUT2D eigenvalue weighted by Gasteiger charge is 2.23. The Morgan fingerprint density at radius 3 is 2.62 bits per heavy atom. The van der Waals surface area contributed by atoms with Crippen molar-refractivity contribution >= 4 is 23.6 Å². The number of esters is 1. The molecule has 3 amide bonds. The number of hydrogen-bond donors (Lipinski definition) is 3. The summed E-state index contributed by atoms with van der Waals surface area (Å²) in [4.78, 5) is 34.1. The first-order valence-electron chi connectivity index (χ1n) is 6.29. The average molecular weight is 297 g/mol. The Balaban J connectivity index is 2.68. The smallest absolute Gasteiger partial charge is 0.327 e. The Bertz CT molecular complexity index is 525. The van der Waals surface area contributed by atoms with Crippen LogP contribution in [0.2, 0.25) is 0 Å². The van der Waals surface area contributed by atoms with Gasteiger partial charge in [0.15, 0.2) is 0 Å². The summed E-state index contributed by atoms with van der Waals surface area (Å²) in [6, 6.07) is -1.53. The van der Waals surface area contributed by atoms with Crippen LogP contribution < -0.4 is 16.4 Å². The number of carbonyl (C=O) groups is 3. The Labute approximate surface area is 121 Å². The second-order valence-corrected chi connectivity index (χ2v) is 4.72. The number of hydrogen-bond acceptors (Lipinski definition) is 5. The molecule has 9 nitrogen and oxygen atoms in total. The van der Waals surface area contributed by atoms with Gasteiger partial charge in [0.25, 0.3) is 0 Å². The van der Waals surface area contributed by atoms with Gasteiger partial charge in [-0.3, -0.25) is 14.3 Å². The summed E-state index contributed by atoms with van der Waals surface area (Å²) in [5.41, 5.74) is 5.44. The first-order valence-corrected chi connectivity index (χ1v) is 6.29. The highest BCUT2D eigenvalue weighted by molar-refractivity contribution is 5.96. The highest BCUT2D eigenvalue weighted by Crippen LogP contribution is 2.09. The minimum Gasteiger partial charge on any atom is -0.468 e. The molecule has 1 rings (SSSR count). The second kappa shape index (κ2) is 7.27. The standard InChI is InChI=1S/C12H19N5O4/c1-7(2)10(16-12(13)20)11(19)15-8-4-14-17(5-8)6-9(18)21-3/h4-5,7,10H,6H2,1-3H3,(H,15,19)(H3,13,16,20). The molecule has 1 aromatic rings. The highest BCUT2D eigenvalue weighted by atomic mass is 16.5. The Morgan fingerprint density at radius 1 is 1.43 bits per heavy atom. The van der Waals surface area contributed by atoms with Crippen LogP contribution in [0.5, 0.6) is 0 Å². The maximum Gasteiger partial charge on any atom is 0.327 e. The molecule has 0 aliphatic carbocycles. The van der Waals surface area contributed by atoms with E-state index in [0.29, 0.717) is 5.69 Å². The van der Waals surface area contributed by atoms with Gasteiger partial charge in [-0.2, -0.15) is 5.10 Å². The Hall–Kier alpha value is -2.58. The zero-order valence-corrected chi connectivity index (χ0v) is 12.1. The molecule has 1 aromatic heterocycles. The Kier molecular flexibility index (Phi) is 5.70. The second-order valence-electron chi connectivity index (χ2n) is 4.72. The molecule has 116 valence electrons. The predicted octanol–water partition coefficient (Wildman–Crippen LogP) is -0.312. The van der Waals surface area contributed by atoms with Crippen molar-refractivity contribution in [2.75, 3.05) is 12.4 Å². The fraction of sp³-hybridized carbons (Fsp3) is 0.500. The number of nitrogens with two attached hydrogens (primary N) is 1. The number of carbonyl (C=O) groups excluding carboxylic acids is 3. The largest absolute Gasteiger partial charge is 0.468 e. The first-order chi connectivity index (χ1) is 9.83. The van der Waals surface area contributed by atoms with Gasteiger partial charge in [0, 0.05) is 6.20 Å². The third-order valence-electron chi connectivity index (χ3n) is 2.67. The van der Waals surface area contributed by atoms with E-state index in [9.17, 15) is 14.4 Å². The molecule has 0 aromatic carbocycles. The molecule has 0 aliphatic heterocycles. The van der Waals surface area contributed by atoms with Crippen LogP contribution in [-0.2, 0) is 20.9 Å². The third kappa shape index (κ3) is 5.13. The van der Waals surface area contributed by atoms with Gasteiger partial charge < -0.3 is 21.1 Å². The number of primary amides is 1. The molecular formula is C12H19N5O4. The van der Waals surface area contributed by atoms with E-state index >= 15 is 0 Å². The lowest BCUT2D eigenvalue weighted by molar-refractivity contribution is -0.141. The van der Waals surface area contributed by atoms with Crippen LogP contribution in [0, 0.1) is 5.92 Å². The number of urea groups is 1. The number of methoxy groups -OCH3 is 1. The maximum absolute atomic E-state index is 12.1. The van der Waals surface area contributed by atoms with Crippen LogP contribution in [0.15, 0.2) is 12.4 Å². The zero-order valence-electron chi connectivity index (χ0n) is 12.1. The number of nitrogens with one attached hydrogen (secondary N) is 2. The molecule has 0 spiro atoms. The lowest BCUT2D eigenvalue weighted by Gasteiger charge is -2.19. The molecule has 1 atom stereocenters. The van der Waals surface area contributed by atoms with Gasteiger partial charge in [-0.25, -0.2) is 4.79 Å². The number of amides is 3. The SMILES string of the molecule is COC(=O)Cn1cc(NC(=O)C(NC(N)=O)C(C)C)cn1. The van der Waals surface area contributed by atoms with E-state index in [-0.39, 0.29) is 12.5 Å². The topological polar surface area (TPSA) is 128 Å². The van der Waals surface area contributed by atoms with Crippen LogP contribution in [0.3, 0.4) is 0 Å². The van der Waals surface area contributed by atoms with Crippen molar-refractivity contribution < 1.29 is 19.1 Å².